The van der Waals surface area contributed by atoms with Crippen LogP contribution in [0.3, 0.4) is 0 Å². The summed E-state index contributed by atoms with van der Waals surface area (Å²) in [5.41, 5.74) is 1.47. The molecule has 0 fully saturated rings. The van der Waals surface area contributed by atoms with Crippen LogP contribution in [0.4, 0.5) is 4.39 Å². The zero-order chi connectivity index (χ0) is 19.4. The summed E-state index contributed by atoms with van der Waals surface area (Å²) in [6.45, 7) is 8.84. The Bertz CT molecular complexity index is 556. The van der Waals surface area contributed by atoms with Gasteiger partial charge in [0.15, 0.2) is 5.96 Å². The van der Waals surface area contributed by atoms with E-state index in [1.807, 2.05) is 6.92 Å². The van der Waals surface area contributed by atoms with Crippen LogP contribution in [0, 0.1) is 17.7 Å². The lowest BCUT2D eigenvalue weighted by molar-refractivity contribution is 0.181. The maximum Gasteiger partial charge on any atom is 0.191 e. The molecule has 5 nitrogen and oxygen atoms in total. The molecule has 1 unspecified atom stereocenters. The molecule has 0 aliphatic carbocycles. The van der Waals surface area contributed by atoms with E-state index in [1.54, 1.807) is 19.2 Å². The van der Waals surface area contributed by atoms with Gasteiger partial charge in [-0.2, -0.15) is 0 Å². The van der Waals surface area contributed by atoms with Gasteiger partial charge in [0.1, 0.15) is 5.82 Å². The van der Waals surface area contributed by atoms with Gasteiger partial charge in [-0.15, -0.1) is 24.0 Å². The monoisotopic (exact) mass is 495 g/mol. The molecule has 3 N–H and O–H groups in total. The third kappa shape index (κ3) is 10.8. The third-order valence-electron chi connectivity index (χ3n) is 4.07. The quantitative estimate of drug-likeness (QED) is 0.249. The van der Waals surface area contributed by atoms with Gasteiger partial charge in [-0.25, -0.2) is 9.38 Å². The fourth-order valence-corrected chi connectivity index (χ4v) is 2.90. The summed E-state index contributed by atoms with van der Waals surface area (Å²) in [5, 5.41) is 15.8. The molecule has 156 valence electrons. The smallest absolute Gasteiger partial charge is 0.191 e. The van der Waals surface area contributed by atoms with Crippen molar-refractivity contribution in [3.63, 3.8) is 0 Å². The zero-order valence-electron chi connectivity index (χ0n) is 16.9. The topological polar surface area (TPSA) is 65.9 Å². The van der Waals surface area contributed by atoms with Gasteiger partial charge in [-0.05, 0) is 49.3 Å². The summed E-state index contributed by atoms with van der Waals surface area (Å²) < 4.78 is 18.7. The number of hydrogen-bond acceptors (Lipinski definition) is 3. The molecule has 0 aliphatic heterocycles. The molecule has 0 heterocycles. The van der Waals surface area contributed by atoms with Crippen molar-refractivity contribution in [1.82, 2.24) is 10.6 Å². The molecular formula is C20H35FIN3O2. The summed E-state index contributed by atoms with van der Waals surface area (Å²) in [5.74, 6) is 1.47. The van der Waals surface area contributed by atoms with Gasteiger partial charge in [-0.3, -0.25) is 0 Å². The minimum absolute atomic E-state index is 0. The molecule has 0 aromatic heterocycles. The Labute approximate surface area is 180 Å². The molecule has 0 bridgehead atoms. The van der Waals surface area contributed by atoms with Crippen LogP contribution in [0.25, 0.3) is 0 Å². The molecule has 7 heteroatoms. The van der Waals surface area contributed by atoms with E-state index in [2.05, 4.69) is 29.5 Å². The number of aliphatic hydroxyl groups excluding tert-OH is 1. The number of benzene rings is 1. The van der Waals surface area contributed by atoms with Crippen LogP contribution in [0.2, 0.25) is 0 Å². The van der Waals surface area contributed by atoms with Gasteiger partial charge in [0.2, 0.25) is 0 Å². The van der Waals surface area contributed by atoms with Gasteiger partial charge in [0.25, 0.3) is 0 Å². The highest BCUT2D eigenvalue weighted by Crippen LogP contribution is 2.15. The molecule has 0 amide bonds. The lowest BCUT2D eigenvalue weighted by Gasteiger charge is -2.20. The van der Waals surface area contributed by atoms with Gasteiger partial charge in [0.05, 0.1) is 13.2 Å². The van der Waals surface area contributed by atoms with Gasteiger partial charge in [0, 0.05) is 32.4 Å². The molecule has 0 spiro atoms. The first-order valence-electron chi connectivity index (χ1n) is 9.39. The van der Waals surface area contributed by atoms with Gasteiger partial charge < -0.3 is 20.5 Å². The first kappa shape index (κ1) is 26.1. The standard InChI is InChI=1S/C20H34FN3O2.HI/c1-5-22-20(24-13-17(8-9-25)10-15(2)3)23-12-16-6-7-19(21)18(11-16)14-26-4;/h6-7,11,15,17,25H,5,8-10,12-14H2,1-4H3,(H2,22,23,24);1H. The summed E-state index contributed by atoms with van der Waals surface area (Å²) in [6.07, 6.45) is 1.84. The van der Waals surface area contributed by atoms with E-state index in [9.17, 15) is 9.50 Å². The highest BCUT2D eigenvalue weighted by atomic mass is 127. The number of aliphatic hydroxyl groups is 1. The number of rotatable bonds is 11. The Morgan fingerprint density at radius 3 is 2.63 bits per heavy atom. The lowest BCUT2D eigenvalue weighted by atomic mass is 9.94. The van der Waals surface area contributed by atoms with E-state index in [0.29, 0.717) is 23.9 Å². The van der Waals surface area contributed by atoms with E-state index >= 15 is 0 Å². The van der Waals surface area contributed by atoms with Crippen LogP contribution in [-0.4, -0.2) is 37.9 Å². The highest BCUT2D eigenvalue weighted by Gasteiger charge is 2.11. The molecule has 1 aromatic carbocycles. The van der Waals surface area contributed by atoms with E-state index in [4.69, 9.17) is 4.74 Å². The Morgan fingerprint density at radius 2 is 2.04 bits per heavy atom. The molecule has 1 aromatic rings. The van der Waals surface area contributed by atoms with E-state index in [1.165, 1.54) is 6.07 Å². The molecule has 0 saturated carbocycles. The van der Waals surface area contributed by atoms with Crippen molar-refractivity contribution in [2.24, 2.45) is 16.8 Å². The largest absolute Gasteiger partial charge is 0.396 e. The molecule has 27 heavy (non-hydrogen) atoms. The van der Waals surface area contributed by atoms with Gasteiger partial charge >= 0.3 is 0 Å². The second-order valence-corrected chi connectivity index (χ2v) is 6.94. The van der Waals surface area contributed by atoms with Crippen LogP contribution in [0.1, 0.15) is 44.7 Å². The summed E-state index contributed by atoms with van der Waals surface area (Å²) in [4.78, 5) is 4.59. The first-order chi connectivity index (χ1) is 12.5. The first-order valence-corrected chi connectivity index (χ1v) is 9.39. The number of ether oxygens (including phenoxy) is 1. The van der Waals surface area contributed by atoms with Crippen molar-refractivity contribution in [2.75, 3.05) is 26.8 Å². The number of aliphatic imine (C=N–C) groups is 1. The van der Waals surface area contributed by atoms with E-state index in [-0.39, 0.29) is 43.0 Å². The van der Waals surface area contributed by atoms with Crippen LogP contribution in [-0.2, 0) is 17.9 Å². The number of guanidine groups is 1. The van der Waals surface area contributed by atoms with Gasteiger partial charge in [-0.1, -0.05) is 19.9 Å². The van der Waals surface area contributed by atoms with E-state index < -0.39 is 0 Å². The Hall–Kier alpha value is -0.930. The minimum atomic E-state index is -0.259. The molecular weight excluding hydrogens is 460 g/mol. The van der Waals surface area contributed by atoms with Crippen molar-refractivity contribution < 1.29 is 14.2 Å². The minimum Gasteiger partial charge on any atom is -0.396 e. The molecule has 0 saturated heterocycles. The van der Waals surface area contributed by atoms with E-state index in [0.717, 1.165) is 37.5 Å². The maximum absolute atomic E-state index is 13.7. The van der Waals surface area contributed by atoms with Crippen molar-refractivity contribution in [2.45, 2.75) is 46.8 Å². The van der Waals surface area contributed by atoms with Crippen LogP contribution >= 0.6 is 24.0 Å². The molecule has 0 aliphatic rings. The summed E-state index contributed by atoms with van der Waals surface area (Å²) in [7, 11) is 1.55. The normalized spacial score (nSPS) is 12.6. The summed E-state index contributed by atoms with van der Waals surface area (Å²) >= 11 is 0. The van der Waals surface area contributed by atoms with Crippen molar-refractivity contribution in [3.05, 3.63) is 35.1 Å². The molecule has 0 radical (unpaired) electrons. The van der Waals surface area contributed by atoms with Crippen LogP contribution in [0.5, 0.6) is 0 Å². The summed E-state index contributed by atoms with van der Waals surface area (Å²) in [6, 6.07) is 4.99. The predicted molar refractivity (Wildman–Crippen MR) is 120 cm³/mol. The predicted octanol–water partition coefficient (Wildman–Crippen LogP) is 3.69. The SMILES string of the molecule is CCNC(=NCc1ccc(F)c(COC)c1)NCC(CCO)CC(C)C.I. The van der Waals surface area contributed by atoms with Crippen molar-refractivity contribution in [1.29, 1.82) is 0 Å². The zero-order valence-corrected chi connectivity index (χ0v) is 19.3. The highest BCUT2D eigenvalue weighted by molar-refractivity contribution is 14.0. The Kier molecular flexibility index (Phi) is 14.5. The van der Waals surface area contributed by atoms with Crippen LogP contribution < -0.4 is 10.6 Å². The number of methoxy groups -OCH3 is 1. The number of nitrogens with one attached hydrogen (secondary N) is 2. The second kappa shape index (κ2) is 15.0. The average Bonchev–Trinajstić information content (AvgIpc) is 2.59. The number of hydrogen-bond donors (Lipinski definition) is 3. The van der Waals surface area contributed by atoms with Crippen molar-refractivity contribution in [3.8, 4) is 0 Å². The average molecular weight is 495 g/mol. The fraction of sp³-hybridized carbons (Fsp3) is 0.650. The molecule has 1 rings (SSSR count). The molecule has 1 atom stereocenters. The number of nitrogens with zero attached hydrogens (tertiary/aromatic N) is 1. The third-order valence-corrected chi connectivity index (χ3v) is 4.07. The second-order valence-electron chi connectivity index (χ2n) is 6.94. The maximum atomic E-state index is 13.7. The van der Waals surface area contributed by atoms with Crippen molar-refractivity contribution >= 4 is 29.9 Å². The lowest BCUT2D eigenvalue weighted by Crippen LogP contribution is -2.40. The Balaban J connectivity index is 0.00000676. The number of halogens is 2. The Morgan fingerprint density at radius 1 is 1.30 bits per heavy atom. The fourth-order valence-electron chi connectivity index (χ4n) is 2.90. The van der Waals surface area contributed by atoms with Crippen LogP contribution in [0.15, 0.2) is 23.2 Å².